The van der Waals surface area contributed by atoms with Crippen LogP contribution in [-0.2, 0) is 0 Å². The van der Waals surface area contributed by atoms with Crippen LogP contribution in [0, 0.1) is 0 Å². The monoisotopic (exact) mass is 256 g/mol. The lowest BCUT2D eigenvalue weighted by Gasteiger charge is -2.00. The number of rotatable bonds is 13. The molecule has 0 nitrogen and oxygen atoms in total. The number of allylic oxidation sites excluding steroid dienone is 1. The van der Waals surface area contributed by atoms with E-state index in [1.165, 1.54) is 76.8 Å². The summed E-state index contributed by atoms with van der Waals surface area (Å²) in [6, 6.07) is 0. The van der Waals surface area contributed by atoms with E-state index >= 15 is 0 Å². The van der Waals surface area contributed by atoms with Crippen LogP contribution in [0.1, 0.15) is 84.5 Å². The lowest BCUT2D eigenvalue weighted by atomic mass is 10.1. The molecule has 17 heavy (non-hydrogen) atoms. The molecular formula is C16H33P. The van der Waals surface area contributed by atoms with Gasteiger partial charge in [0.05, 0.1) is 0 Å². The molecule has 0 saturated heterocycles. The fourth-order valence-corrected chi connectivity index (χ4v) is 2.89. The van der Waals surface area contributed by atoms with Gasteiger partial charge in [-0.25, -0.2) is 0 Å². The molecule has 0 amide bonds. The Morgan fingerprint density at radius 3 is 1.94 bits per heavy atom. The minimum absolute atomic E-state index is 1.08. The molecule has 0 aliphatic rings. The molecule has 1 heteroatoms. The largest absolute Gasteiger partial charge is 0.0987 e. The molecule has 0 rings (SSSR count). The van der Waals surface area contributed by atoms with E-state index in [2.05, 4.69) is 25.7 Å². The standard InChI is InChI=1S/C16H33P/c1-3-5-7-9-10-11-12-14-16-17-15-13-8-6-4-2/h13,15,17H,3-12,14,16H2,1-2H3. The summed E-state index contributed by atoms with van der Waals surface area (Å²) < 4.78 is 0. The second-order valence-electron chi connectivity index (χ2n) is 4.97. The highest BCUT2D eigenvalue weighted by atomic mass is 31.1. The van der Waals surface area contributed by atoms with E-state index in [9.17, 15) is 0 Å². The van der Waals surface area contributed by atoms with Crippen LogP contribution in [-0.4, -0.2) is 6.16 Å². The quantitative estimate of drug-likeness (QED) is 0.260. The van der Waals surface area contributed by atoms with Crippen LogP contribution < -0.4 is 0 Å². The molecule has 0 aromatic carbocycles. The molecule has 0 aromatic heterocycles. The normalized spacial score (nSPS) is 12.1. The molecule has 0 aliphatic heterocycles. The molecule has 1 atom stereocenters. The smallest absolute Gasteiger partial charge is 0.0319 e. The van der Waals surface area contributed by atoms with Crippen molar-refractivity contribution in [3.05, 3.63) is 11.9 Å². The first-order chi connectivity index (χ1) is 8.41. The number of unbranched alkanes of at least 4 members (excludes halogenated alkanes) is 9. The molecule has 0 spiro atoms. The average Bonchev–Trinajstić information content (AvgIpc) is 2.35. The topological polar surface area (TPSA) is 0 Å². The van der Waals surface area contributed by atoms with Gasteiger partial charge in [0.15, 0.2) is 0 Å². The van der Waals surface area contributed by atoms with Gasteiger partial charge >= 0.3 is 0 Å². The van der Waals surface area contributed by atoms with Crippen molar-refractivity contribution < 1.29 is 0 Å². The summed E-state index contributed by atoms with van der Waals surface area (Å²) in [4.78, 5) is 0. The molecule has 0 fully saturated rings. The molecule has 0 bridgehead atoms. The van der Waals surface area contributed by atoms with Crippen molar-refractivity contribution in [3.63, 3.8) is 0 Å². The van der Waals surface area contributed by atoms with Gasteiger partial charge in [-0.2, -0.15) is 0 Å². The van der Waals surface area contributed by atoms with Crippen LogP contribution in [0.25, 0.3) is 0 Å². The molecule has 0 saturated carbocycles. The van der Waals surface area contributed by atoms with E-state index < -0.39 is 0 Å². The summed E-state index contributed by atoms with van der Waals surface area (Å²) in [5.41, 5.74) is 0. The van der Waals surface area contributed by atoms with Gasteiger partial charge < -0.3 is 0 Å². The van der Waals surface area contributed by atoms with Crippen molar-refractivity contribution in [1.82, 2.24) is 0 Å². The van der Waals surface area contributed by atoms with Crippen molar-refractivity contribution in [3.8, 4) is 0 Å². The maximum absolute atomic E-state index is 2.41. The van der Waals surface area contributed by atoms with E-state index in [1.54, 1.807) is 0 Å². The Kier molecular flexibility index (Phi) is 16.3. The van der Waals surface area contributed by atoms with Gasteiger partial charge in [0.2, 0.25) is 0 Å². The zero-order chi connectivity index (χ0) is 12.6. The summed E-state index contributed by atoms with van der Waals surface area (Å²) in [5.74, 6) is 2.41. The van der Waals surface area contributed by atoms with Crippen LogP contribution in [0.4, 0.5) is 0 Å². The van der Waals surface area contributed by atoms with Crippen molar-refractivity contribution in [1.29, 1.82) is 0 Å². The van der Waals surface area contributed by atoms with Gasteiger partial charge in [-0.3, -0.25) is 0 Å². The third kappa shape index (κ3) is 16.2. The fourth-order valence-electron chi connectivity index (χ4n) is 1.93. The first-order valence-corrected chi connectivity index (χ1v) is 9.08. The summed E-state index contributed by atoms with van der Waals surface area (Å²) in [7, 11) is 1.08. The lowest BCUT2D eigenvalue weighted by Crippen LogP contribution is -1.81. The predicted octanol–water partition coefficient (Wildman–Crippen LogP) is 6.51. The van der Waals surface area contributed by atoms with Gasteiger partial charge in [0, 0.05) is 0 Å². The van der Waals surface area contributed by atoms with E-state index in [0.29, 0.717) is 0 Å². The summed E-state index contributed by atoms with van der Waals surface area (Å²) in [5, 5.41) is 0. The van der Waals surface area contributed by atoms with E-state index in [-0.39, 0.29) is 0 Å². The maximum atomic E-state index is 2.41. The van der Waals surface area contributed by atoms with Gasteiger partial charge in [-0.05, 0) is 19.0 Å². The highest BCUT2D eigenvalue weighted by Gasteiger charge is 1.90. The van der Waals surface area contributed by atoms with Crippen molar-refractivity contribution in [2.75, 3.05) is 6.16 Å². The number of hydrogen-bond donors (Lipinski definition) is 0. The molecule has 0 N–H and O–H groups in total. The Labute approximate surface area is 111 Å². The third-order valence-electron chi connectivity index (χ3n) is 3.13. The average molecular weight is 256 g/mol. The molecular weight excluding hydrogens is 223 g/mol. The van der Waals surface area contributed by atoms with Gasteiger partial charge in [-0.1, -0.05) is 92.1 Å². The minimum Gasteiger partial charge on any atom is -0.0987 e. The van der Waals surface area contributed by atoms with Gasteiger partial charge in [0.1, 0.15) is 0 Å². The van der Waals surface area contributed by atoms with Crippen molar-refractivity contribution in [2.45, 2.75) is 84.5 Å². The second-order valence-corrected chi connectivity index (χ2v) is 6.22. The van der Waals surface area contributed by atoms with Crippen molar-refractivity contribution in [2.24, 2.45) is 0 Å². The summed E-state index contributed by atoms with van der Waals surface area (Å²) in [6.45, 7) is 4.55. The van der Waals surface area contributed by atoms with Crippen LogP contribution >= 0.6 is 8.58 Å². The highest BCUT2D eigenvalue weighted by Crippen LogP contribution is 2.17. The second kappa shape index (κ2) is 16.2. The summed E-state index contributed by atoms with van der Waals surface area (Å²) >= 11 is 0. The minimum atomic E-state index is 1.08. The lowest BCUT2D eigenvalue weighted by molar-refractivity contribution is 0.586. The SMILES string of the molecule is CCCCC=CPCCCCCCCCCC. The fraction of sp³-hybridized carbons (Fsp3) is 0.875. The zero-order valence-corrected chi connectivity index (χ0v) is 13.1. The predicted molar refractivity (Wildman–Crippen MR) is 84.5 cm³/mol. The first-order valence-electron chi connectivity index (χ1n) is 7.80. The Balaban J connectivity index is 2.96. The third-order valence-corrected chi connectivity index (χ3v) is 4.25. The molecule has 1 unspecified atom stereocenters. The molecule has 0 heterocycles. The van der Waals surface area contributed by atoms with Crippen LogP contribution in [0.3, 0.4) is 0 Å². The Morgan fingerprint density at radius 1 is 0.706 bits per heavy atom. The molecule has 102 valence electrons. The highest BCUT2D eigenvalue weighted by molar-refractivity contribution is 7.41. The maximum Gasteiger partial charge on any atom is -0.0319 e. The molecule has 0 aliphatic carbocycles. The van der Waals surface area contributed by atoms with Crippen LogP contribution in [0.15, 0.2) is 11.9 Å². The number of hydrogen-bond acceptors (Lipinski definition) is 0. The van der Waals surface area contributed by atoms with Crippen molar-refractivity contribution >= 4 is 8.58 Å². The Bertz CT molecular complexity index is 152. The van der Waals surface area contributed by atoms with Gasteiger partial charge in [0.25, 0.3) is 0 Å². The Morgan fingerprint density at radius 2 is 1.29 bits per heavy atom. The van der Waals surface area contributed by atoms with Crippen LogP contribution in [0.5, 0.6) is 0 Å². The van der Waals surface area contributed by atoms with Crippen LogP contribution in [0.2, 0.25) is 0 Å². The Hall–Kier alpha value is 0.170. The molecule has 0 aromatic rings. The van der Waals surface area contributed by atoms with E-state index in [4.69, 9.17) is 0 Å². The molecule has 0 radical (unpaired) electrons. The summed E-state index contributed by atoms with van der Waals surface area (Å²) in [6.07, 6.45) is 19.4. The van der Waals surface area contributed by atoms with E-state index in [1.807, 2.05) is 0 Å². The zero-order valence-electron chi connectivity index (χ0n) is 12.1. The van der Waals surface area contributed by atoms with Gasteiger partial charge in [-0.15, -0.1) is 0 Å². The first kappa shape index (κ1) is 17.2. The van der Waals surface area contributed by atoms with E-state index in [0.717, 1.165) is 8.58 Å².